The molecular formula is C15H15NS. The summed E-state index contributed by atoms with van der Waals surface area (Å²) in [6.07, 6.45) is 0. The molecule has 0 spiro atoms. The Morgan fingerprint density at radius 2 is 1.76 bits per heavy atom. The van der Waals surface area contributed by atoms with E-state index < -0.39 is 0 Å². The zero-order chi connectivity index (χ0) is 11.8. The summed E-state index contributed by atoms with van der Waals surface area (Å²) in [6.45, 7) is 5.40. The summed E-state index contributed by atoms with van der Waals surface area (Å²) in [5.41, 5.74) is 4.04. The fraction of sp³-hybridized carbons (Fsp3) is 0.200. The molecule has 1 heterocycles. The van der Waals surface area contributed by atoms with E-state index in [1.807, 2.05) is 11.8 Å². The SMILES string of the molecule is CCN1c2ccccc2Sc2c(C)cccc21. The minimum absolute atomic E-state index is 1.01. The van der Waals surface area contributed by atoms with E-state index in [1.54, 1.807) is 0 Å². The minimum atomic E-state index is 1.01. The van der Waals surface area contributed by atoms with Crippen LogP contribution < -0.4 is 4.90 Å². The third-order valence-corrected chi connectivity index (χ3v) is 4.47. The Balaban J connectivity index is 2.22. The van der Waals surface area contributed by atoms with Crippen LogP contribution in [-0.4, -0.2) is 6.54 Å². The number of anilines is 2. The maximum absolute atomic E-state index is 2.40. The van der Waals surface area contributed by atoms with E-state index in [9.17, 15) is 0 Å². The lowest BCUT2D eigenvalue weighted by molar-refractivity contribution is 0.973. The Bertz CT molecular complexity index is 563. The maximum Gasteiger partial charge on any atom is 0.0555 e. The van der Waals surface area contributed by atoms with Crippen LogP contribution in [0.4, 0.5) is 11.4 Å². The van der Waals surface area contributed by atoms with E-state index in [-0.39, 0.29) is 0 Å². The highest BCUT2D eigenvalue weighted by Gasteiger charge is 2.22. The van der Waals surface area contributed by atoms with Gasteiger partial charge in [0.25, 0.3) is 0 Å². The highest BCUT2D eigenvalue weighted by atomic mass is 32.2. The Kier molecular flexibility index (Phi) is 2.60. The molecule has 1 aliphatic rings. The number of para-hydroxylation sites is 1. The second-order valence-electron chi connectivity index (χ2n) is 4.24. The molecule has 0 aliphatic carbocycles. The first-order chi connectivity index (χ1) is 8.31. The summed E-state index contributed by atoms with van der Waals surface area (Å²) in [7, 11) is 0. The Labute approximate surface area is 106 Å². The summed E-state index contributed by atoms with van der Waals surface area (Å²) < 4.78 is 0. The van der Waals surface area contributed by atoms with Gasteiger partial charge < -0.3 is 4.90 Å². The molecule has 1 aliphatic heterocycles. The lowest BCUT2D eigenvalue weighted by Crippen LogP contribution is -2.20. The molecule has 86 valence electrons. The molecule has 0 saturated carbocycles. The third kappa shape index (κ3) is 1.64. The van der Waals surface area contributed by atoms with Gasteiger partial charge in [0.15, 0.2) is 0 Å². The Morgan fingerprint density at radius 3 is 2.59 bits per heavy atom. The van der Waals surface area contributed by atoms with Gasteiger partial charge in [-0.15, -0.1) is 0 Å². The van der Waals surface area contributed by atoms with Gasteiger partial charge in [-0.25, -0.2) is 0 Å². The van der Waals surface area contributed by atoms with Crippen LogP contribution >= 0.6 is 11.8 Å². The second-order valence-corrected chi connectivity index (χ2v) is 5.29. The molecule has 0 saturated heterocycles. The van der Waals surface area contributed by atoms with Gasteiger partial charge in [0, 0.05) is 16.3 Å². The van der Waals surface area contributed by atoms with E-state index in [4.69, 9.17) is 0 Å². The van der Waals surface area contributed by atoms with Gasteiger partial charge in [-0.1, -0.05) is 36.0 Å². The molecule has 0 bridgehead atoms. The van der Waals surface area contributed by atoms with Gasteiger partial charge in [-0.3, -0.25) is 0 Å². The second kappa shape index (κ2) is 4.11. The van der Waals surface area contributed by atoms with E-state index in [1.165, 1.54) is 26.7 Å². The molecule has 0 aromatic heterocycles. The van der Waals surface area contributed by atoms with Crippen molar-refractivity contribution < 1.29 is 0 Å². The maximum atomic E-state index is 2.40. The van der Waals surface area contributed by atoms with Crippen molar-refractivity contribution in [2.75, 3.05) is 11.4 Å². The standard InChI is InChI=1S/C15H15NS/c1-3-16-12-8-4-5-10-14(12)17-15-11(2)7-6-9-13(15)16/h4-10H,3H2,1-2H3. The molecule has 1 nitrogen and oxygen atoms in total. The van der Waals surface area contributed by atoms with Gasteiger partial charge >= 0.3 is 0 Å². The van der Waals surface area contributed by atoms with Crippen molar-refractivity contribution >= 4 is 23.1 Å². The zero-order valence-corrected chi connectivity index (χ0v) is 10.9. The number of rotatable bonds is 1. The van der Waals surface area contributed by atoms with Crippen molar-refractivity contribution in [2.24, 2.45) is 0 Å². The fourth-order valence-corrected chi connectivity index (χ4v) is 3.49. The van der Waals surface area contributed by atoms with Gasteiger partial charge in [-0.2, -0.15) is 0 Å². The number of hydrogen-bond donors (Lipinski definition) is 0. The van der Waals surface area contributed by atoms with Gasteiger partial charge in [0.05, 0.1) is 11.4 Å². The summed E-state index contributed by atoms with van der Waals surface area (Å²) in [6, 6.07) is 15.2. The summed E-state index contributed by atoms with van der Waals surface area (Å²) in [5, 5.41) is 0. The summed E-state index contributed by atoms with van der Waals surface area (Å²) in [4.78, 5) is 5.15. The molecule has 3 rings (SSSR count). The van der Waals surface area contributed by atoms with Crippen molar-refractivity contribution in [1.29, 1.82) is 0 Å². The molecule has 17 heavy (non-hydrogen) atoms. The number of nitrogens with zero attached hydrogens (tertiary/aromatic N) is 1. The van der Waals surface area contributed by atoms with Crippen LogP contribution in [-0.2, 0) is 0 Å². The van der Waals surface area contributed by atoms with Crippen molar-refractivity contribution in [3.8, 4) is 0 Å². The molecule has 0 N–H and O–H groups in total. The summed E-state index contributed by atoms with van der Waals surface area (Å²) in [5.74, 6) is 0. The normalized spacial score (nSPS) is 13.2. The van der Waals surface area contributed by atoms with Gasteiger partial charge in [-0.05, 0) is 37.6 Å². The first kappa shape index (κ1) is 10.7. The number of benzene rings is 2. The van der Waals surface area contributed by atoms with Crippen molar-refractivity contribution in [1.82, 2.24) is 0 Å². The molecule has 2 aromatic carbocycles. The van der Waals surface area contributed by atoms with E-state index in [0.717, 1.165) is 6.54 Å². The van der Waals surface area contributed by atoms with E-state index >= 15 is 0 Å². The number of aryl methyl sites for hydroxylation is 1. The lowest BCUT2D eigenvalue weighted by Gasteiger charge is -2.32. The van der Waals surface area contributed by atoms with Crippen LogP contribution in [0.2, 0.25) is 0 Å². The van der Waals surface area contributed by atoms with Crippen molar-refractivity contribution in [2.45, 2.75) is 23.6 Å². The largest absolute Gasteiger partial charge is 0.340 e. The van der Waals surface area contributed by atoms with Crippen LogP contribution in [0.1, 0.15) is 12.5 Å². The quantitative estimate of drug-likeness (QED) is 0.717. The first-order valence-corrected chi connectivity index (χ1v) is 6.77. The van der Waals surface area contributed by atoms with Crippen LogP contribution in [0.3, 0.4) is 0 Å². The molecule has 2 heteroatoms. The number of hydrogen-bond acceptors (Lipinski definition) is 2. The minimum Gasteiger partial charge on any atom is -0.340 e. The predicted octanol–water partition coefficient (Wildman–Crippen LogP) is 4.62. The molecule has 0 radical (unpaired) electrons. The van der Waals surface area contributed by atoms with Crippen molar-refractivity contribution in [3.63, 3.8) is 0 Å². The summed E-state index contributed by atoms with van der Waals surface area (Å²) >= 11 is 1.89. The zero-order valence-electron chi connectivity index (χ0n) is 10.1. The van der Waals surface area contributed by atoms with Crippen LogP contribution in [0, 0.1) is 6.92 Å². The fourth-order valence-electron chi connectivity index (χ4n) is 2.33. The van der Waals surface area contributed by atoms with E-state index in [2.05, 4.69) is 61.2 Å². The molecule has 0 fully saturated rings. The van der Waals surface area contributed by atoms with Crippen LogP contribution in [0.25, 0.3) is 0 Å². The van der Waals surface area contributed by atoms with Gasteiger partial charge in [0.2, 0.25) is 0 Å². The monoisotopic (exact) mass is 241 g/mol. The topological polar surface area (TPSA) is 3.24 Å². The Morgan fingerprint density at radius 1 is 1.00 bits per heavy atom. The smallest absolute Gasteiger partial charge is 0.0555 e. The van der Waals surface area contributed by atoms with E-state index in [0.29, 0.717) is 0 Å². The molecule has 0 unspecified atom stereocenters. The van der Waals surface area contributed by atoms with Gasteiger partial charge in [0.1, 0.15) is 0 Å². The molecule has 0 atom stereocenters. The Hall–Kier alpha value is -1.41. The lowest BCUT2D eigenvalue weighted by atomic mass is 10.1. The molecule has 2 aromatic rings. The first-order valence-electron chi connectivity index (χ1n) is 5.95. The predicted molar refractivity (Wildman–Crippen MR) is 74.4 cm³/mol. The van der Waals surface area contributed by atoms with Crippen LogP contribution in [0.15, 0.2) is 52.3 Å². The molecule has 0 amide bonds. The van der Waals surface area contributed by atoms with Crippen LogP contribution in [0.5, 0.6) is 0 Å². The molecular weight excluding hydrogens is 226 g/mol. The number of fused-ring (bicyclic) bond motifs is 2. The van der Waals surface area contributed by atoms with Crippen molar-refractivity contribution in [3.05, 3.63) is 48.0 Å². The average Bonchev–Trinajstić information content (AvgIpc) is 2.37. The third-order valence-electron chi connectivity index (χ3n) is 3.17. The average molecular weight is 241 g/mol. The highest BCUT2D eigenvalue weighted by Crippen LogP contribution is 2.48. The highest BCUT2D eigenvalue weighted by molar-refractivity contribution is 7.99.